The van der Waals surface area contributed by atoms with Gasteiger partial charge in [-0.1, -0.05) is 46.3 Å². The minimum Gasteiger partial charge on any atom is -0.299 e. The van der Waals surface area contributed by atoms with E-state index in [1.165, 1.54) is 44.3 Å². The van der Waals surface area contributed by atoms with E-state index in [2.05, 4.69) is 51.2 Å². The van der Waals surface area contributed by atoms with Gasteiger partial charge < -0.3 is 0 Å². The van der Waals surface area contributed by atoms with E-state index in [9.17, 15) is 0 Å². The standard InChI is InChI=1S/C15H22BrN/c16-10-4-7-14-8-11-17(12-9-14)13-15-5-2-1-3-6-15/h1-3,5-6,14H,4,7-13H2. The van der Waals surface area contributed by atoms with Gasteiger partial charge in [0.25, 0.3) is 0 Å². The highest BCUT2D eigenvalue weighted by molar-refractivity contribution is 9.09. The maximum absolute atomic E-state index is 3.52. The fourth-order valence-corrected chi connectivity index (χ4v) is 2.96. The smallest absolute Gasteiger partial charge is 0.0233 e. The molecule has 1 saturated heterocycles. The first-order valence-electron chi connectivity index (χ1n) is 6.70. The van der Waals surface area contributed by atoms with E-state index in [0.717, 1.165) is 17.8 Å². The molecule has 1 aliphatic rings. The number of rotatable bonds is 5. The molecule has 94 valence electrons. The van der Waals surface area contributed by atoms with E-state index in [-0.39, 0.29) is 0 Å². The fraction of sp³-hybridized carbons (Fsp3) is 0.600. The Morgan fingerprint density at radius 1 is 1.12 bits per heavy atom. The topological polar surface area (TPSA) is 3.24 Å². The van der Waals surface area contributed by atoms with E-state index in [1.807, 2.05) is 0 Å². The molecule has 1 aliphatic heterocycles. The number of nitrogens with zero attached hydrogens (tertiary/aromatic N) is 1. The van der Waals surface area contributed by atoms with Gasteiger partial charge in [-0.05, 0) is 50.3 Å². The van der Waals surface area contributed by atoms with Gasteiger partial charge in [-0.3, -0.25) is 4.90 Å². The molecule has 0 unspecified atom stereocenters. The lowest BCUT2D eigenvalue weighted by Crippen LogP contribution is -2.33. The second-order valence-corrected chi connectivity index (χ2v) is 5.83. The first-order chi connectivity index (χ1) is 8.38. The van der Waals surface area contributed by atoms with Gasteiger partial charge in [0, 0.05) is 11.9 Å². The van der Waals surface area contributed by atoms with Crippen molar-refractivity contribution >= 4 is 15.9 Å². The quantitative estimate of drug-likeness (QED) is 0.740. The molecule has 0 spiro atoms. The molecule has 0 amide bonds. The van der Waals surface area contributed by atoms with Gasteiger partial charge in [0.1, 0.15) is 0 Å². The minimum atomic E-state index is 0.972. The second kappa shape index (κ2) is 7.17. The van der Waals surface area contributed by atoms with Crippen LogP contribution in [-0.4, -0.2) is 23.3 Å². The summed E-state index contributed by atoms with van der Waals surface area (Å²) in [7, 11) is 0. The van der Waals surface area contributed by atoms with Crippen LogP contribution in [0.5, 0.6) is 0 Å². The van der Waals surface area contributed by atoms with Crippen LogP contribution in [0.15, 0.2) is 30.3 Å². The number of likely N-dealkylation sites (tertiary alicyclic amines) is 1. The zero-order valence-corrected chi connectivity index (χ0v) is 12.0. The maximum Gasteiger partial charge on any atom is 0.0233 e. The van der Waals surface area contributed by atoms with Gasteiger partial charge in [0.2, 0.25) is 0 Å². The first kappa shape index (κ1) is 13.1. The molecule has 0 aliphatic carbocycles. The molecule has 1 nitrogen and oxygen atoms in total. The Hall–Kier alpha value is -0.340. The molecule has 0 bridgehead atoms. The lowest BCUT2D eigenvalue weighted by molar-refractivity contribution is 0.172. The van der Waals surface area contributed by atoms with Crippen LogP contribution < -0.4 is 0 Å². The first-order valence-corrected chi connectivity index (χ1v) is 7.83. The molecular formula is C15H22BrN. The summed E-state index contributed by atoms with van der Waals surface area (Å²) in [5, 5.41) is 1.16. The zero-order chi connectivity index (χ0) is 11.9. The Labute approximate surface area is 113 Å². The molecule has 1 fully saturated rings. The number of halogens is 1. The van der Waals surface area contributed by atoms with Crippen LogP contribution in [0.25, 0.3) is 0 Å². The molecule has 2 rings (SSSR count). The lowest BCUT2D eigenvalue weighted by Gasteiger charge is -2.31. The van der Waals surface area contributed by atoms with Gasteiger partial charge in [0.05, 0.1) is 0 Å². The fourth-order valence-electron chi connectivity index (χ4n) is 2.64. The predicted molar refractivity (Wildman–Crippen MR) is 77.5 cm³/mol. The number of benzene rings is 1. The summed E-state index contributed by atoms with van der Waals surface area (Å²) in [5.41, 5.74) is 1.45. The molecule has 0 aromatic heterocycles. The largest absolute Gasteiger partial charge is 0.299 e. The zero-order valence-electron chi connectivity index (χ0n) is 10.4. The number of alkyl halides is 1. The van der Waals surface area contributed by atoms with Crippen molar-refractivity contribution in [1.29, 1.82) is 0 Å². The van der Waals surface area contributed by atoms with Gasteiger partial charge in [-0.15, -0.1) is 0 Å². The van der Waals surface area contributed by atoms with Gasteiger partial charge in [-0.25, -0.2) is 0 Å². The molecule has 1 heterocycles. The van der Waals surface area contributed by atoms with Crippen LogP contribution >= 0.6 is 15.9 Å². The third kappa shape index (κ3) is 4.44. The van der Waals surface area contributed by atoms with Crippen molar-refractivity contribution in [3.8, 4) is 0 Å². The number of piperidine rings is 1. The van der Waals surface area contributed by atoms with Crippen LogP contribution in [0, 0.1) is 5.92 Å². The summed E-state index contributed by atoms with van der Waals surface area (Å²) in [6, 6.07) is 10.8. The highest BCUT2D eigenvalue weighted by Gasteiger charge is 2.18. The molecule has 0 saturated carbocycles. The third-order valence-electron chi connectivity index (χ3n) is 3.70. The summed E-state index contributed by atoms with van der Waals surface area (Å²) < 4.78 is 0. The molecule has 0 atom stereocenters. The van der Waals surface area contributed by atoms with Crippen LogP contribution in [0.1, 0.15) is 31.2 Å². The third-order valence-corrected chi connectivity index (χ3v) is 4.26. The van der Waals surface area contributed by atoms with E-state index < -0.39 is 0 Å². The van der Waals surface area contributed by atoms with E-state index in [0.29, 0.717) is 0 Å². The summed E-state index contributed by atoms with van der Waals surface area (Å²) in [5.74, 6) is 0.972. The molecule has 0 N–H and O–H groups in total. The van der Waals surface area contributed by atoms with Crippen molar-refractivity contribution in [1.82, 2.24) is 4.90 Å². The average Bonchev–Trinajstić information content (AvgIpc) is 2.39. The van der Waals surface area contributed by atoms with E-state index >= 15 is 0 Å². The van der Waals surface area contributed by atoms with Crippen molar-refractivity contribution in [2.75, 3.05) is 18.4 Å². The van der Waals surface area contributed by atoms with Crippen LogP contribution in [-0.2, 0) is 6.54 Å². The molecule has 17 heavy (non-hydrogen) atoms. The van der Waals surface area contributed by atoms with E-state index in [4.69, 9.17) is 0 Å². The molecule has 1 aromatic carbocycles. The van der Waals surface area contributed by atoms with Crippen LogP contribution in [0.3, 0.4) is 0 Å². The monoisotopic (exact) mass is 295 g/mol. The van der Waals surface area contributed by atoms with Crippen molar-refractivity contribution in [3.63, 3.8) is 0 Å². The molecular weight excluding hydrogens is 274 g/mol. The van der Waals surface area contributed by atoms with Crippen molar-refractivity contribution < 1.29 is 0 Å². The van der Waals surface area contributed by atoms with Gasteiger partial charge in [0.15, 0.2) is 0 Å². The Bertz CT molecular complexity index is 304. The predicted octanol–water partition coefficient (Wildman–Crippen LogP) is 4.07. The Balaban J connectivity index is 1.72. The Morgan fingerprint density at radius 2 is 1.82 bits per heavy atom. The molecule has 0 radical (unpaired) electrons. The summed E-state index contributed by atoms with van der Waals surface area (Å²) >= 11 is 3.52. The second-order valence-electron chi connectivity index (χ2n) is 5.04. The van der Waals surface area contributed by atoms with Crippen LogP contribution in [0.4, 0.5) is 0 Å². The van der Waals surface area contributed by atoms with Gasteiger partial charge >= 0.3 is 0 Å². The molecule has 2 heteroatoms. The Kier molecular flexibility index (Phi) is 5.53. The summed E-state index contributed by atoms with van der Waals surface area (Å²) in [6.45, 7) is 3.69. The van der Waals surface area contributed by atoms with E-state index in [1.54, 1.807) is 0 Å². The normalized spacial score (nSPS) is 18.4. The maximum atomic E-state index is 3.52. The highest BCUT2D eigenvalue weighted by atomic mass is 79.9. The van der Waals surface area contributed by atoms with Crippen molar-refractivity contribution in [2.24, 2.45) is 5.92 Å². The number of hydrogen-bond acceptors (Lipinski definition) is 1. The van der Waals surface area contributed by atoms with Crippen molar-refractivity contribution in [2.45, 2.75) is 32.2 Å². The summed E-state index contributed by atoms with van der Waals surface area (Å²) in [6.07, 6.45) is 5.52. The van der Waals surface area contributed by atoms with Gasteiger partial charge in [-0.2, -0.15) is 0 Å². The number of hydrogen-bond donors (Lipinski definition) is 0. The Morgan fingerprint density at radius 3 is 2.47 bits per heavy atom. The minimum absolute atomic E-state index is 0.972. The molecule has 1 aromatic rings. The lowest BCUT2D eigenvalue weighted by atomic mass is 9.92. The van der Waals surface area contributed by atoms with Crippen LogP contribution in [0.2, 0.25) is 0 Å². The van der Waals surface area contributed by atoms with Crippen molar-refractivity contribution in [3.05, 3.63) is 35.9 Å². The summed E-state index contributed by atoms with van der Waals surface area (Å²) in [4.78, 5) is 2.60. The SMILES string of the molecule is BrCCCC1CCN(Cc2ccccc2)CC1. The average molecular weight is 296 g/mol. The highest BCUT2D eigenvalue weighted by Crippen LogP contribution is 2.23.